The van der Waals surface area contributed by atoms with Gasteiger partial charge < -0.3 is 24.4 Å². The van der Waals surface area contributed by atoms with Crippen LogP contribution in [0.5, 0.6) is 5.75 Å². The summed E-state index contributed by atoms with van der Waals surface area (Å²) in [5.41, 5.74) is 2.29. The standard InChI is InChI=1S/C39H46N4O6Si/c1-25-37(50(4,5)30-16-14-29(48-3)15-17-30)34(23-36(46)42-21-9-12-28(42)24-44)49-39(25)31-22-27(13-19-33(31)41(2)38(39)47)43-35(45)20-18-32(40-43)26-10-7-6-8-11-26/h6-8,10-11,13-17,19,22,25,28,34,37,44H,9,12,18,20-21,23-24H2,1-5H3/t25-,28-,34+,37-,39+/m0/s1. The zero-order chi connectivity index (χ0) is 35.4. The Balaban J connectivity index is 1.32. The number of anilines is 2. The average molecular weight is 695 g/mol. The van der Waals surface area contributed by atoms with Crippen molar-refractivity contribution in [2.45, 2.75) is 75.4 Å². The maximum Gasteiger partial charge on any atom is 0.264 e. The number of benzene rings is 3. The maximum absolute atomic E-state index is 14.6. The van der Waals surface area contributed by atoms with Crippen LogP contribution in [0, 0.1) is 5.92 Å². The zero-order valence-corrected chi connectivity index (χ0v) is 30.5. The minimum Gasteiger partial charge on any atom is -0.497 e. The summed E-state index contributed by atoms with van der Waals surface area (Å²) >= 11 is 0. The van der Waals surface area contributed by atoms with Crippen molar-refractivity contribution in [1.82, 2.24) is 4.90 Å². The normalized spacial score (nSPS) is 26.5. The fraction of sp³-hybridized carbons (Fsp3) is 0.436. The van der Waals surface area contributed by atoms with Crippen molar-refractivity contribution >= 4 is 48.1 Å². The van der Waals surface area contributed by atoms with Crippen LogP contribution in [0.2, 0.25) is 18.6 Å². The number of fused-ring (bicyclic) bond motifs is 2. The maximum atomic E-state index is 14.6. The summed E-state index contributed by atoms with van der Waals surface area (Å²) in [6.45, 7) is 7.19. The molecule has 11 heteroatoms. The van der Waals surface area contributed by atoms with Gasteiger partial charge in [-0.3, -0.25) is 14.4 Å². The van der Waals surface area contributed by atoms with Gasteiger partial charge in [-0.25, -0.2) is 5.01 Å². The molecule has 0 radical (unpaired) electrons. The van der Waals surface area contributed by atoms with Gasteiger partial charge in [0.15, 0.2) is 5.60 Å². The number of hydrazone groups is 1. The number of amides is 3. The number of methoxy groups -OCH3 is 1. The lowest BCUT2D eigenvalue weighted by molar-refractivity contribution is -0.149. The lowest BCUT2D eigenvalue weighted by Crippen LogP contribution is -2.52. The fourth-order valence-corrected chi connectivity index (χ4v) is 13.0. The molecule has 50 heavy (non-hydrogen) atoms. The highest BCUT2D eigenvalue weighted by molar-refractivity contribution is 6.91. The van der Waals surface area contributed by atoms with E-state index in [0.29, 0.717) is 30.6 Å². The molecule has 2 fully saturated rings. The van der Waals surface area contributed by atoms with Gasteiger partial charge in [0, 0.05) is 37.9 Å². The second kappa shape index (κ2) is 13.1. The summed E-state index contributed by atoms with van der Waals surface area (Å²) in [5, 5.41) is 17.5. The van der Waals surface area contributed by atoms with E-state index in [4.69, 9.17) is 14.6 Å². The molecule has 7 rings (SSSR count). The molecule has 0 saturated carbocycles. The van der Waals surface area contributed by atoms with Crippen molar-refractivity contribution < 1.29 is 29.0 Å². The van der Waals surface area contributed by atoms with Crippen molar-refractivity contribution in [3.63, 3.8) is 0 Å². The monoisotopic (exact) mass is 694 g/mol. The van der Waals surface area contributed by atoms with E-state index in [-0.39, 0.29) is 48.3 Å². The van der Waals surface area contributed by atoms with Crippen LogP contribution >= 0.6 is 0 Å². The van der Waals surface area contributed by atoms with E-state index in [2.05, 4.69) is 32.2 Å². The van der Waals surface area contributed by atoms with Crippen LogP contribution in [0.3, 0.4) is 0 Å². The highest BCUT2D eigenvalue weighted by atomic mass is 28.3. The molecule has 4 aliphatic heterocycles. The molecule has 4 heterocycles. The molecular formula is C39H46N4O6Si. The third-order valence-electron chi connectivity index (χ3n) is 11.6. The van der Waals surface area contributed by atoms with E-state index in [1.54, 1.807) is 24.0 Å². The molecule has 3 aromatic rings. The van der Waals surface area contributed by atoms with Crippen molar-refractivity contribution in [2.24, 2.45) is 11.0 Å². The Bertz CT molecular complexity index is 1830. The molecule has 5 atom stereocenters. The molecule has 0 aliphatic carbocycles. The summed E-state index contributed by atoms with van der Waals surface area (Å²) < 4.78 is 12.6. The Kier molecular flexibility index (Phi) is 8.94. The molecule has 0 bridgehead atoms. The van der Waals surface area contributed by atoms with Crippen molar-refractivity contribution in [3.05, 3.63) is 83.9 Å². The zero-order valence-electron chi connectivity index (χ0n) is 29.5. The molecular weight excluding hydrogens is 649 g/mol. The summed E-state index contributed by atoms with van der Waals surface area (Å²) in [4.78, 5) is 45.4. The largest absolute Gasteiger partial charge is 0.497 e. The van der Waals surface area contributed by atoms with Gasteiger partial charge in [-0.1, -0.05) is 67.7 Å². The first kappa shape index (κ1) is 34.1. The van der Waals surface area contributed by atoms with Crippen LogP contribution in [-0.2, 0) is 24.7 Å². The predicted molar refractivity (Wildman–Crippen MR) is 196 cm³/mol. The third kappa shape index (κ3) is 5.46. The molecule has 0 unspecified atom stereocenters. The second-order valence-corrected chi connectivity index (χ2v) is 19.3. The van der Waals surface area contributed by atoms with Gasteiger partial charge in [-0.2, -0.15) is 5.10 Å². The first-order valence-electron chi connectivity index (χ1n) is 17.6. The Labute approximate surface area is 294 Å². The first-order valence-corrected chi connectivity index (χ1v) is 20.7. The van der Waals surface area contributed by atoms with E-state index in [1.165, 1.54) is 10.2 Å². The third-order valence-corrected chi connectivity index (χ3v) is 16.0. The number of nitrogens with zero attached hydrogens (tertiary/aromatic N) is 4. The molecule has 1 spiro atoms. The van der Waals surface area contributed by atoms with Crippen LogP contribution in [0.1, 0.15) is 50.2 Å². The minimum absolute atomic E-state index is 0.0604. The first-order chi connectivity index (χ1) is 24.0. The van der Waals surface area contributed by atoms with Crippen molar-refractivity contribution in [2.75, 3.05) is 37.2 Å². The number of likely N-dealkylation sites (N-methyl/N-ethyl adjacent to an activating group) is 1. The summed E-state index contributed by atoms with van der Waals surface area (Å²) in [6.07, 6.45) is 2.05. The lowest BCUT2D eigenvalue weighted by Gasteiger charge is -2.37. The highest BCUT2D eigenvalue weighted by Crippen LogP contribution is 2.60. The number of aliphatic hydroxyl groups excluding tert-OH is 1. The Morgan fingerprint density at radius 2 is 1.80 bits per heavy atom. The average Bonchev–Trinajstić information content (AvgIpc) is 3.79. The summed E-state index contributed by atoms with van der Waals surface area (Å²) in [7, 11) is 0.941. The highest BCUT2D eigenvalue weighted by Gasteiger charge is 2.66. The van der Waals surface area contributed by atoms with Gasteiger partial charge >= 0.3 is 0 Å². The molecule has 1 N–H and O–H groups in total. The smallest absolute Gasteiger partial charge is 0.264 e. The number of carbonyl (C=O) groups is 3. The van der Waals surface area contributed by atoms with Gasteiger partial charge in [0.2, 0.25) is 11.8 Å². The predicted octanol–water partition coefficient (Wildman–Crippen LogP) is 4.79. The SMILES string of the molecule is COc1ccc([Si](C)(C)[C@@H]2[C@@H](CC(=O)N3CCC[C@H]3CO)O[C@]3(C(=O)N(C)c4ccc(N5N=C(c6ccccc6)CCC5=O)cc43)[C@H]2C)cc1. The number of hydrogen-bond donors (Lipinski definition) is 1. The number of aliphatic hydroxyl groups is 1. The van der Waals surface area contributed by atoms with Gasteiger partial charge in [-0.15, -0.1) is 0 Å². The summed E-state index contributed by atoms with van der Waals surface area (Å²) in [5.74, 6) is 0.110. The lowest BCUT2D eigenvalue weighted by atomic mass is 9.82. The Hall–Kier alpha value is -4.32. The molecule has 10 nitrogen and oxygen atoms in total. The van der Waals surface area contributed by atoms with Crippen LogP contribution < -0.4 is 19.8 Å². The van der Waals surface area contributed by atoms with E-state index in [0.717, 1.165) is 35.6 Å². The minimum atomic E-state index is -2.47. The number of carbonyl (C=O) groups excluding carboxylic acids is 3. The number of hydrogen-bond acceptors (Lipinski definition) is 7. The van der Waals surface area contributed by atoms with Crippen LogP contribution in [0.15, 0.2) is 77.9 Å². The van der Waals surface area contributed by atoms with Gasteiger partial charge in [0.1, 0.15) is 5.75 Å². The molecule has 3 aromatic carbocycles. The topological polar surface area (TPSA) is 112 Å². The second-order valence-electron chi connectivity index (χ2n) is 14.6. The van der Waals surface area contributed by atoms with Crippen LogP contribution in [0.4, 0.5) is 11.4 Å². The van der Waals surface area contributed by atoms with Crippen LogP contribution in [-0.4, -0.2) is 81.0 Å². The fourth-order valence-electron chi connectivity index (χ4n) is 8.97. The van der Waals surface area contributed by atoms with Crippen molar-refractivity contribution in [3.8, 4) is 5.75 Å². The summed E-state index contributed by atoms with van der Waals surface area (Å²) in [6, 6.07) is 23.4. The molecule has 2 saturated heterocycles. The van der Waals surface area contributed by atoms with Gasteiger partial charge in [-0.05, 0) is 54.3 Å². The van der Waals surface area contributed by atoms with E-state index in [9.17, 15) is 19.5 Å². The van der Waals surface area contributed by atoms with E-state index < -0.39 is 19.8 Å². The molecule has 262 valence electrons. The molecule has 4 aliphatic rings. The van der Waals surface area contributed by atoms with Gasteiger partial charge in [0.05, 0.1) is 57.4 Å². The number of rotatable bonds is 8. The van der Waals surface area contributed by atoms with Crippen LogP contribution in [0.25, 0.3) is 0 Å². The molecule has 3 amide bonds. The molecule has 0 aromatic heterocycles. The number of ether oxygens (including phenoxy) is 2. The van der Waals surface area contributed by atoms with E-state index in [1.807, 2.05) is 60.7 Å². The van der Waals surface area contributed by atoms with Crippen molar-refractivity contribution in [1.29, 1.82) is 0 Å². The quantitative estimate of drug-likeness (QED) is 0.340. The van der Waals surface area contributed by atoms with E-state index >= 15 is 0 Å². The number of likely N-dealkylation sites (tertiary alicyclic amines) is 1. The Morgan fingerprint density at radius 1 is 1.06 bits per heavy atom. The van der Waals surface area contributed by atoms with Gasteiger partial charge in [0.25, 0.3) is 5.91 Å². The Morgan fingerprint density at radius 3 is 2.50 bits per heavy atom.